The van der Waals surface area contributed by atoms with Crippen molar-refractivity contribution >= 4 is 23.2 Å². The van der Waals surface area contributed by atoms with Gasteiger partial charge in [-0.15, -0.1) is 0 Å². The van der Waals surface area contributed by atoms with Gasteiger partial charge < -0.3 is 19.5 Å². The lowest BCUT2D eigenvalue weighted by molar-refractivity contribution is 0.174. The fraction of sp³-hybridized carbons (Fsp3) is 0.294. The van der Waals surface area contributed by atoms with Gasteiger partial charge in [-0.1, -0.05) is 23.2 Å². The molecule has 6 heteroatoms. The van der Waals surface area contributed by atoms with Crippen molar-refractivity contribution in [3.63, 3.8) is 0 Å². The fourth-order valence-electron chi connectivity index (χ4n) is 3.23. The highest BCUT2D eigenvalue weighted by Gasteiger charge is 2.28. The normalized spacial score (nSPS) is 18.7. The van der Waals surface area contributed by atoms with Crippen LogP contribution in [0.1, 0.15) is 22.7 Å². The van der Waals surface area contributed by atoms with E-state index in [1.165, 1.54) is 5.56 Å². The van der Waals surface area contributed by atoms with Crippen LogP contribution in [0.2, 0.25) is 10.0 Å². The zero-order chi connectivity index (χ0) is 16.0. The molecule has 1 N–H and O–H groups in total. The monoisotopic (exact) mass is 351 g/mol. The van der Waals surface area contributed by atoms with E-state index in [1.54, 1.807) is 13.2 Å². The molecular formula is C17H15Cl2NO3. The van der Waals surface area contributed by atoms with Crippen LogP contribution in [0.25, 0.3) is 0 Å². The second-order valence-corrected chi connectivity index (χ2v) is 6.40. The standard InChI is InChI=1S/C17H15Cl2NO3/c1-21-17-12(5-10(18)6-13(17)19)16-11-7-15-14(22-8-23-15)4-9(11)2-3-20-16/h4-7,16,20H,2-3,8H2,1H3. The number of fused-ring (bicyclic) bond motifs is 2. The molecule has 2 aliphatic rings. The van der Waals surface area contributed by atoms with Gasteiger partial charge >= 0.3 is 0 Å². The molecule has 2 heterocycles. The summed E-state index contributed by atoms with van der Waals surface area (Å²) in [5, 5.41) is 4.61. The third kappa shape index (κ3) is 2.51. The Morgan fingerprint density at radius 3 is 2.65 bits per heavy atom. The second-order valence-electron chi connectivity index (χ2n) is 5.55. The zero-order valence-electron chi connectivity index (χ0n) is 12.5. The number of methoxy groups -OCH3 is 1. The molecule has 2 aromatic carbocycles. The number of hydrogen-bond donors (Lipinski definition) is 1. The van der Waals surface area contributed by atoms with Crippen molar-refractivity contribution in [2.45, 2.75) is 12.5 Å². The van der Waals surface area contributed by atoms with Gasteiger partial charge in [-0.3, -0.25) is 0 Å². The first-order valence-electron chi connectivity index (χ1n) is 7.36. The van der Waals surface area contributed by atoms with Crippen molar-refractivity contribution in [1.82, 2.24) is 5.32 Å². The highest BCUT2D eigenvalue weighted by Crippen LogP contribution is 2.43. The van der Waals surface area contributed by atoms with Crippen LogP contribution in [-0.2, 0) is 6.42 Å². The number of rotatable bonds is 2. The molecule has 2 aromatic rings. The van der Waals surface area contributed by atoms with Crippen LogP contribution >= 0.6 is 23.2 Å². The van der Waals surface area contributed by atoms with Crippen molar-refractivity contribution in [2.75, 3.05) is 20.4 Å². The van der Waals surface area contributed by atoms with Gasteiger partial charge in [0.25, 0.3) is 0 Å². The van der Waals surface area contributed by atoms with Crippen molar-refractivity contribution in [1.29, 1.82) is 0 Å². The Bertz CT molecular complexity index is 779. The van der Waals surface area contributed by atoms with Gasteiger partial charge in [0.2, 0.25) is 6.79 Å². The summed E-state index contributed by atoms with van der Waals surface area (Å²) < 4.78 is 16.5. The molecule has 0 saturated carbocycles. The molecule has 0 fully saturated rings. The zero-order valence-corrected chi connectivity index (χ0v) is 14.0. The predicted octanol–water partition coefficient (Wildman–Crippen LogP) is 3.97. The van der Waals surface area contributed by atoms with Gasteiger partial charge in [-0.05, 0) is 41.8 Å². The third-order valence-electron chi connectivity index (χ3n) is 4.24. The molecule has 1 atom stereocenters. The summed E-state index contributed by atoms with van der Waals surface area (Å²) in [6, 6.07) is 7.62. The summed E-state index contributed by atoms with van der Waals surface area (Å²) in [7, 11) is 1.61. The largest absolute Gasteiger partial charge is 0.495 e. The van der Waals surface area contributed by atoms with Crippen molar-refractivity contribution < 1.29 is 14.2 Å². The highest BCUT2D eigenvalue weighted by molar-refractivity contribution is 6.35. The number of halogens is 2. The van der Waals surface area contributed by atoms with Crippen LogP contribution < -0.4 is 19.5 Å². The Hall–Kier alpha value is -1.62. The number of hydrogen-bond acceptors (Lipinski definition) is 4. The smallest absolute Gasteiger partial charge is 0.231 e. The molecule has 0 aliphatic carbocycles. The van der Waals surface area contributed by atoms with Crippen molar-refractivity contribution in [3.8, 4) is 17.2 Å². The predicted molar refractivity (Wildman–Crippen MR) is 89.1 cm³/mol. The van der Waals surface area contributed by atoms with E-state index >= 15 is 0 Å². The minimum atomic E-state index is -0.0561. The molecule has 0 spiro atoms. The highest BCUT2D eigenvalue weighted by atomic mass is 35.5. The van der Waals surface area contributed by atoms with Gasteiger partial charge in [0.1, 0.15) is 5.75 Å². The SMILES string of the molecule is COc1c(Cl)cc(Cl)cc1C1NCCc2cc3c(cc21)OCO3. The van der Waals surface area contributed by atoms with E-state index in [-0.39, 0.29) is 12.8 Å². The number of nitrogens with one attached hydrogen (secondary N) is 1. The average molecular weight is 352 g/mol. The molecule has 0 bridgehead atoms. The molecule has 0 aromatic heterocycles. The quantitative estimate of drug-likeness (QED) is 0.888. The van der Waals surface area contributed by atoms with E-state index in [2.05, 4.69) is 11.4 Å². The Balaban J connectivity index is 1.87. The van der Waals surface area contributed by atoms with E-state index in [9.17, 15) is 0 Å². The summed E-state index contributed by atoms with van der Waals surface area (Å²) in [5.74, 6) is 2.21. The summed E-state index contributed by atoms with van der Waals surface area (Å²) in [4.78, 5) is 0. The molecule has 4 nitrogen and oxygen atoms in total. The summed E-state index contributed by atoms with van der Waals surface area (Å²) in [6.45, 7) is 1.12. The molecule has 2 aliphatic heterocycles. The summed E-state index contributed by atoms with van der Waals surface area (Å²) >= 11 is 12.5. The number of ether oxygens (including phenoxy) is 3. The summed E-state index contributed by atoms with van der Waals surface area (Å²) in [6.07, 6.45) is 0.930. The Morgan fingerprint density at radius 2 is 1.87 bits per heavy atom. The average Bonchev–Trinajstić information content (AvgIpc) is 2.98. The molecular weight excluding hydrogens is 337 g/mol. The fourth-order valence-corrected chi connectivity index (χ4v) is 3.82. The molecule has 120 valence electrons. The lowest BCUT2D eigenvalue weighted by Crippen LogP contribution is -2.30. The molecule has 23 heavy (non-hydrogen) atoms. The first-order chi connectivity index (χ1) is 11.2. The molecule has 0 saturated heterocycles. The third-order valence-corrected chi connectivity index (χ3v) is 4.74. The lowest BCUT2D eigenvalue weighted by Gasteiger charge is -2.29. The Kier molecular flexibility index (Phi) is 3.76. The maximum absolute atomic E-state index is 6.29. The maximum atomic E-state index is 6.29. The van der Waals surface area contributed by atoms with Gasteiger partial charge in [-0.2, -0.15) is 0 Å². The first-order valence-corrected chi connectivity index (χ1v) is 8.11. The van der Waals surface area contributed by atoms with Crippen molar-refractivity contribution in [2.24, 2.45) is 0 Å². The van der Waals surface area contributed by atoms with Crippen LogP contribution in [0.5, 0.6) is 17.2 Å². The molecule has 0 amide bonds. The Morgan fingerprint density at radius 1 is 1.09 bits per heavy atom. The minimum absolute atomic E-state index is 0.0561. The summed E-state index contributed by atoms with van der Waals surface area (Å²) in [5.41, 5.74) is 3.29. The maximum Gasteiger partial charge on any atom is 0.231 e. The van der Waals surface area contributed by atoms with E-state index in [4.69, 9.17) is 37.4 Å². The van der Waals surface area contributed by atoms with Crippen LogP contribution in [0.15, 0.2) is 24.3 Å². The Labute approximate surface area is 144 Å². The molecule has 1 unspecified atom stereocenters. The van der Waals surface area contributed by atoms with Crippen LogP contribution in [-0.4, -0.2) is 20.4 Å². The van der Waals surface area contributed by atoms with Gasteiger partial charge in [0.15, 0.2) is 11.5 Å². The lowest BCUT2D eigenvalue weighted by atomic mass is 9.89. The van der Waals surface area contributed by atoms with Gasteiger partial charge in [0, 0.05) is 17.1 Å². The van der Waals surface area contributed by atoms with Crippen LogP contribution in [0.4, 0.5) is 0 Å². The second kappa shape index (κ2) is 5.78. The topological polar surface area (TPSA) is 39.7 Å². The van der Waals surface area contributed by atoms with Gasteiger partial charge in [-0.25, -0.2) is 0 Å². The van der Waals surface area contributed by atoms with E-state index in [0.717, 1.165) is 35.6 Å². The minimum Gasteiger partial charge on any atom is -0.495 e. The van der Waals surface area contributed by atoms with E-state index in [0.29, 0.717) is 15.8 Å². The first kappa shape index (κ1) is 14.9. The van der Waals surface area contributed by atoms with E-state index < -0.39 is 0 Å². The van der Waals surface area contributed by atoms with E-state index in [1.807, 2.05) is 12.1 Å². The number of benzene rings is 2. The molecule has 4 rings (SSSR count). The molecule has 0 radical (unpaired) electrons. The van der Waals surface area contributed by atoms with Gasteiger partial charge in [0.05, 0.1) is 18.2 Å². The van der Waals surface area contributed by atoms with Crippen molar-refractivity contribution in [3.05, 3.63) is 51.0 Å². The van der Waals surface area contributed by atoms with Crippen LogP contribution in [0.3, 0.4) is 0 Å². The van der Waals surface area contributed by atoms with Crippen LogP contribution in [0, 0.1) is 0 Å².